The molecular weight excluding hydrogens is 200 g/mol. The normalized spacial score (nSPS) is 12.4. The molecule has 0 aliphatic carbocycles. The van der Waals surface area contributed by atoms with Crippen LogP contribution in [0.4, 0.5) is 0 Å². The summed E-state index contributed by atoms with van der Waals surface area (Å²) in [5.74, 6) is 0.116. The minimum absolute atomic E-state index is 0.0376. The van der Waals surface area contributed by atoms with Crippen LogP contribution < -0.4 is 0 Å². The number of rotatable bonds is 4. The van der Waals surface area contributed by atoms with Crippen molar-refractivity contribution in [1.29, 1.82) is 0 Å². The fourth-order valence-corrected chi connectivity index (χ4v) is 1.47. The molecule has 1 aromatic rings. The molecule has 0 aliphatic heterocycles. The second kappa shape index (κ2) is 5.01. The molecule has 14 heavy (non-hydrogen) atoms. The first-order valence-corrected chi connectivity index (χ1v) is 4.97. The van der Waals surface area contributed by atoms with E-state index in [-0.39, 0.29) is 11.7 Å². The number of hydrogen-bond donors (Lipinski definition) is 1. The molecule has 0 aromatic heterocycles. The zero-order valence-corrected chi connectivity index (χ0v) is 8.79. The lowest BCUT2D eigenvalue weighted by molar-refractivity contribution is -0.111. The summed E-state index contributed by atoms with van der Waals surface area (Å²) in [7, 11) is 0. The van der Waals surface area contributed by atoms with Crippen molar-refractivity contribution < 1.29 is 9.90 Å². The van der Waals surface area contributed by atoms with Gasteiger partial charge in [-0.15, -0.1) is 0 Å². The van der Waals surface area contributed by atoms with Gasteiger partial charge in [-0.1, -0.05) is 24.6 Å². The number of benzene rings is 1. The lowest BCUT2D eigenvalue weighted by Gasteiger charge is -2.07. The summed E-state index contributed by atoms with van der Waals surface area (Å²) in [5, 5.41) is 9.53. The quantitative estimate of drug-likeness (QED) is 0.780. The summed E-state index contributed by atoms with van der Waals surface area (Å²) < 4.78 is 0. The van der Waals surface area contributed by atoms with E-state index in [0.717, 1.165) is 18.3 Å². The largest absolute Gasteiger partial charge is 0.506 e. The summed E-state index contributed by atoms with van der Waals surface area (Å²) in [6, 6.07) is 5.03. The lowest BCUT2D eigenvalue weighted by Crippen LogP contribution is -2.04. The van der Waals surface area contributed by atoms with Crippen molar-refractivity contribution in [3.05, 3.63) is 28.8 Å². The maximum Gasteiger partial charge on any atom is 0.134 e. The van der Waals surface area contributed by atoms with Crippen molar-refractivity contribution in [2.24, 2.45) is 5.92 Å². The van der Waals surface area contributed by atoms with E-state index in [1.54, 1.807) is 18.2 Å². The molecule has 1 aromatic carbocycles. The van der Waals surface area contributed by atoms with Gasteiger partial charge in [0.1, 0.15) is 12.0 Å². The summed E-state index contributed by atoms with van der Waals surface area (Å²) >= 11 is 5.75. The molecule has 1 N–H and O–H groups in total. The van der Waals surface area contributed by atoms with Crippen LogP contribution in [-0.4, -0.2) is 11.4 Å². The van der Waals surface area contributed by atoms with Gasteiger partial charge in [0.25, 0.3) is 0 Å². The fraction of sp³-hybridized carbons (Fsp3) is 0.364. The Balaban J connectivity index is 2.76. The van der Waals surface area contributed by atoms with E-state index in [9.17, 15) is 9.90 Å². The molecule has 0 fully saturated rings. The van der Waals surface area contributed by atoms with Gasteiger partial charge >= 0.3 is 0 Å². The Hall–Kier alpha value is -1.02. The van der Waals surface area contributed by atoms with Gasteiger partial charge in [0.05, 0.1) is 5.02 Å². The zero-order chi connectivity index (χ0) is 10.6. The van der Waals surface area contributed by atoms with Crippen LogP contribution in [0, 0.1) is 5.92 Å². The van der Waals surface area contributed by atoms with Crippen molar-refractivity contribution in [3.63, 3.8) is 0 Å². The molecule has 0 radical (unpaired) electrons. The van der Waals surface area contributed by atoms with Gasteiger partial charge in [-0.2, -0.15) is 0 Å². The molecule has 2 nitrogen and oxygen atoms in total. The predicted octanol–water partition coefficient (Wildman–Crippen LogP) is 2.81. The van der Waals surface area contributed by atoms with Gasteiger partial charge in [-0.05, 0) is 30.5 Å². The topological polar surface area (TPSA) is 37.3 Å². The van der Waals surface area contributed by atoms with E-state index in [1.165, 1.54) is 0 Å². The molecule has 0 heterocycles. The number of hydrogen-bond acceptors (Lipinski definition) is 2. The summed E-state index contributed by atoms with van der Waals surface area (Å²) in [5.41, 5.74) is 0.978. The Morgan fingerprint density at radius 2 is 2.29 bits per heavy atom. The first-order chi connectivity index (χ1) is 6.67. The van der Waals surface area contributed by atoms with E-state index in [2.05, 4.69) is 0 Å². The van der Waals surface area contributed by atoms with Gasteiger partial charge < -0.3 is 9.90 Å². The molecule has 76 valence electrons. The number of aromatic hydroxyl groups is 1. The monoisotopic (exact) mass is 212 g/mol. The standard InChI is InChI=1S/C11H13ClO2/c1-2-8(7-13)5-9-3-4-11(14)10(12)6-9/h3-4,6-8,14H,2,5H2,1H3. The van der Waals surface area contributed by atoms with Gasteiger partial charge in [0.2, 0.25) is 0 Å². The van der Waals surface area contributed by atoms with Crippen molar-refractivity contribution in [2.45, 2.75) is 19.8 Å². The number of aldehydes is 1. The minimum Gasteiger partial charge on any atom is -0.506 e. The number of carbonyl (C=O) groups is 1. The second-order valence-corrected chi connectivity index (χ2v) is 3.70. The molecule has 3 heteroatoms. The van der Waals surface area contributed by atoms with Crippen LogP contribution in [0.1, 0.15) is 18.9 Å². The maximum absolute atomic E-state index is 10.6. The van der Waals surface area contributed by atoms with Crippen molar-refractivity contribution in [2.75, 3.05) is 0 Å². The molecule has 0 spiro atoms. The average molecular weight is 213 g/mol. The smallest absolute Gasteiger partial charge is 0.134 e. The van der Waals surface area contributed by atoms with E-state index in [0.29, 0.717) is 11.4 Å². The summed E-state index contributed by atoms with van der Waals surface area (Å²) in [6.45, 7) is 1.97. The van der Waals surface area contributed by atoms with Gasteiger partial charge in [-0.3, -0.25) is 0 Å². The number of carbonyl (C=O) groups excluding carboxylic acids is 1. The third-order valence-electron chi connectivity index (χ3n) is 2.23. The third kappa shape index (κ3) is 2.74. The molecule has 0 amide bonds. The van der Waals surface area contributed by atoms with E-state index < -0.39 is 0 Å². The van der Waals surface area contributed by atoms with Gasteiger partial charge in [0.15, 0.2) is 0 Å². The molecule has 1 atom stereocenters. The van der Waals surface area contributed by atoms with Crippen molar-refractivity contribution in [3.8, 4) is 5.75 Å². The number of phenols is 1. The third-order valence-corrected chi connectivity index (χ3v) is 2.53. The van der Waals surface area contributed by atoms with Crippen molar-refractivity contribution in [1.82, 2.24) is 0 Å². The average Bonchev–Trinajstić information content (AvgIpc) is 2.19. The summed E-state index contributed by atoms with van der Waals surface area (Å²) in [6.07, 6.45) is 2.46. The number of phenolic OH excluding ortho intramolecular Hbond substituents is 1. The fourth-order valence-electron chi connectivity index (χ4n) is 1.27. The van der Waals surface area contributed by atoms with E-state index >= 15 is 0 Å². The Morgan fingerprint density at radius 1 is 1.57 bits per heavy atom. The Kier molecular flexibility index (Phi) is 3.96. The van der Waals surface area contributed by atoms with Crippen LogP contribution in [0.15, 0.2) is 18.2 Å². The first kappa shape index (κ1) is 11.1. The second-order valence-electron chi connectivity index (χ2n) is 3.29. The molecule has 1 unspecified atom stereocenters. The van der Waals surface area contributed by atoms with Crippen LogP contribution >= 0.6 is 11.6 Å². The minimum atomic E-state index is 0.0376. The highest BCUT2D eigenvalue weighted by Gasteiger charge is 2.07. The predicted molar refractivity (Wildman–Crippen MR) is 56.7 cm³/mol. The number of halogens is 1. The van der Waals surface area contributed by atoms with Crippen LogP contribution in [0.2, 0.25) is 5.02 Å². The van der Waals surface area contributed by atoms with Crippen LogP contribution in [-0.2, 0) is 11.2 Å². The molecule has 0 aliphatic rings. The van der Waals surface area contributed by atoms with Crippen LogP contribution in [0.3, 0.4) is 0 Å². The van der Waals surface area contributed by atoms with Gasteiger partial charge in [-0.25, -0.2) is 0 Å². The molecule has 0 saturated heterocycles. The molecule has 0 bridgehead atoms. The van der Waals surface area contributed by atoms with Crippen LogP contribution in [0.5, 0.6) is 5.75 Å². The first-order valence-electron chi connectivity index (χ1n) is 4.60. The van der Waals surface area contributed by atoms with E-state index in [1.807, 2.05) is 6.92 Å². The molecular formula is C11H13ClO2. The van der Waals surface area contributed by atoms with E-state index in [4.69, 9.17) is 11.6 Å². The Morgan fingerprint density at radius 3 is 2.79 bits per heavy atom. The molecule has 0 saturated carbocycles. The lowest BCUT2D eigenvalue weighted by atomic mass is 9.98. The molecule has 1 rings (SSSR count). The maximum atomic E-state index is 10.6. The highest BCUT2D eigenvalue weighted by molar-refractivity contribution is 6.32. The van der Waals surface area contributed by atoms with Crippen molar-refractivity contribution >= 4 is 17.9 Å². The highest BCUT2D eigenvalue weighted by atomic mass is 35.5. The highest BCUT2D eigenvalue weighted by Crippen LogP contribution is 2.24. The Bertz CT molecular complexity index is 323. The SMILES string of the molecule is CCC(C=O)Cc1ccc(O)c(Cl)c1. The van der Waals surface area contributed by atoms with Gasteiger partial charge in [0, 0.05) is 5.92 Å². The Labute approximate surface area is 88.5 Å². The van der Waals surface area contributed by atoms with Crippen LogP contribution in [0.25, 0.3) is 0 Å². The summed E-state index contributed by atoms with van der Waals surface area (Å²) in [4.78, 5) is 10.6. The zero-order valence-electron chi connectivity index (χ0n) is 8.03.